The maximum atomic E-state index is 11.8. The second-order valence-corrected chi connectivity index (χ2v) is 5.72. The second kappa shape index (κ2) is 5.74. The number of nitrogens with one attached hydrogen (secondary N) is 1. The summed E-state index contributed by atoms with van der Waals surface area (Å²) in [5.74, 6) is 0.332. The predicted molar refractivity (Wildman–Crippen MR) is 75.5 cm³/mol. The number of carbonyl (C=O) groups excluding carboxylic acids is 2. The lowest BCUT2D eigenvalue weighted by atomic mass is 10.1. The van der Waals surface area contributed by atoms with E-state index in [0.717, 1.165) is 29.2 Å². The van der Waals surface area contributed by atoms with Crippen LogP contribution in [0.4, 0.5) is 0 Å². The Kier molecular flexibility index (Phi) is 4.24. The molecule has 1 aromatic carbocycles. The van der Waals surface area contributed by atoms with Crippen LogP contribution in [0.3, 0.4) is 0 Å². The fourth-order valence-corrected chi connectivity index (χ4v) is 2.37. The van der Waals surface area contributed by atoms with Gasteiger partial charge in [0.25, 0.3) is 5.91 Å². The number of halogens is 1. The highest BCUT2D eigenvalue weighted by Gasteiger charge is 2.27. The molecule has 5 heteroatoms. The molecule has 1 atom stereocenters. The van der Waals surface area contributed by atoms with Crippen LogP contribution in [0.2, 0.25) is 0 Å². The van der Waals surface area contributed by atoms with Crippen LogP contribution in [0.25, 0.3) is 0 Å². The molecule has 19 heavy (non-hydrogen) atoms. The maximum Gasteiger partial charge on any atom is 0.260 e. The molecule has 102 valence electrons. The molecule has 0 heterocycles. The summed E-state index contributed by atoms with van der Waals surface area (Å²) < 4.78 is 6.46. The molecule has 0 bridgehead atoms. The Bertz CT molecular complexity index is 512. The minimum atomic E-state index is -0.612. The monoisotopic (exact) mass is 325 g/mol. The highest BCUT2D eigenvalue weighted by molar-refractivity contribution is 9.10. The minimum absolute atomic E-state index is 0.137. The van der Waals surface area contributed by atoms with E-state index in [1.807, 2.05) is 13.0 Å². The zero-order valence-corrected chi connectivity index (χ0v) is 12.5. The molecular formula is C14H16BrNO3. The predicted octanol–water partition coefficient (Wildman–Crippen LogP) is 2.62. The first-order chi connectivity index (χ1) is 9.01. The van der Waals surface area contributed by atoms with Gasteiger partial charge in [-0.2, -0.15) is 0 Å². The molecule has 0 radical (unpaired) electrons. The van der Waals surface area contributed by atoms with Crippen molar-refractivity contribution in [3.05, 3.63) is 27.7 Å². The number of benzene rings is 1. The number of aldehydes is 1. The van der Waals surface area contributed by atoms with Gasteiger partial charge in [0.2, 0.25) is 0 Å². The fraction of sp³-hybridized carbons (Fsp3) is 0.429. The van der Waals surface area contributed by atoms with Crippen molar-refractivity contribution in [2.75, 3.05) is 0 Å². The first-order valence-electron chi connectivity index (χ1n) is 6.23. The molecule has 1 aliphatic rings. The molecule has 1 saturated carbocycles. The van der Waals surface area contributed by atoms with Gasteiger partial charge in [0.1, 0.15) is 5.75 Å². The summed E-state index contributed by atoms with van der Waals surface area (Å²) in [6, 6.07) is 3.84. The Labute approximate surface area is 120 Å². The van der Waals surface area contributed by atoms with Gasteiger partial charge in [-0.3, -0.25) is 9.59 Å². The molecule has 0 aromatic heterocycles. The molecule has 4 nitrogen and oxygen atoms in total. The highest BCUT2D eigenvalue weighted by Crippen LogP contribution is 2.28. The van der Waals surface area contributed by atoms with Crippen LogP contribution in [0.5, 0.6) is 5.75 Å². The van der Waals surface area contributed by atoms with Crippen molar-refractivity contribution in [2.24, 2.45) is 0 Å². The number of amides is 1. The lowest BCUT2D eigenvalue weighted by Gasteiger charge is -2.17. The van der Waals surface area contributed by atoms with Gasteiger partial charge >= 0.3 is 0 Å². The van der Waals surface area contributed by atoms with E-state index in [1.54, 1.807) is 13.0 Å². The van der Waals surface area contributed by atoms with E-state index in [-0.39, 0.29) is 5.91 Å². The van der Waals surface area contributed by atoms with E-state index in [4.69, 9.17) is 4.74 Å². The SMILES string of the molecule is Cc1cc(Br)cc(C=O)c1OC(C)C(=O)NC1CC1. The van der Waals surface area contributed by atoms with Crippen molar-refractivity contribution in [2.45, 2.75) is 38.8 Å². The van der Waals surface area contributed by atoms with Crippen LogP contribution in [0, 0.1) is 6.92 Å². The first kappa shape index (κ1) is 14.1. The zero-order chi connectivity index (χ0) is 14.0. The molecule has 1 aliphatic carbocycles. The van der Waals surface area contributed by atoms with E-state index < -0.39 is 6.10 Å². The number of hydrogen-bond acceptors (Lipinski definition) is 3. The Morgan fingerprint density at radius 3 is 2.79 bits per heavy atom. The Morgan fingerprint density at radius 2 is 2.21 bits per heavy atom. The average molecular weight is 326 g/mol. The molecule has 0 spiro atoms. The molecule has 1 fully saturated rings. The third kappa shape index (κ3) is 3.56. The summed E-state index contributed by atoms with van der Waals surface area (Å²) >= 11 is 3.33. The topological polar surface area (TPSA) is 55.4 Å². The Morgan fingerprint density at radius 1 is 1.53 bits per heavy atom. The van der Waals surface area contributed by atoms with E-state index in [2.05, 4.69) is 21.2 Å². The van der Waals surface area contributed by atoms with Crippen molar-refractivity contribution >= 4 is 28.1 Å². The summed E-state index contributed by atoms with van der Waals surface area (Å²) in [6.07, 6.45) is 2.20. The quantitative estimate of drug-likeness (QED) is 0.846. The lowest BCUT2D eigenvalue weighted by molar-refractivity contribution is -0.127. The number of rotatable bonds is 5. The van der Waals surface area contributed by atoms with E-state index >= 15 is 0 Å². The van der Waals surface area contributed by atoms with Gasteiger partial charge in [-0.05, 0) is 44.4 Å². The van der Waals surface area contributed by atoms with Gasteiger partial charge in [0.15, 0.2) is 12.4 Å². The van der Waals surface area contributed by atoms with Crippen molar-refractivity contribution in [3.63, 3.8) is 0 Å². The summed E-state index contributed by atoms with van der Waals surface area (Å²) in [7, 11) is 0. The average Bonchev–Trinajstić information content (AvgIpc) is 3.15. The molecule has 1 amide bonds. The third-order valence-corrected chi connectivity index (χ3v) is 3.44. The molecule has 1 N–H and O–H groups in total. The normalized spacial score (nSPS) is 15.7. The Balaban J connectivity index is 2.12. The number of hydrogen-bond donors (Lipinski definition) is 1. The number of aryl methyl sites for hydroxylation is 1. The van der Waals surface area contributed by atoms with Gasteiger partial charge in [0.05, 0.1) is 5.56 Å². The smallest absolute Gasteiger partial charge is 0.260 e. The highest BCUT2D eigenvalue weighted by atomic mass is 79.9. The van der Waals surface area contributed by atoms with Crippen molar-refractivity contribution in [3.8, 4) is 5.75 Å². The molecule has 1 aromatic rings. The summed E-state index contributed by atoms with van der Waals surface area (Å²) in [5, 5.41) is 2.88. The van der Waals surface area contributed by atoms with Crippen molar-refractivity contribution < 1.29 is 14.3 Å². The standard InChI is InChI=1S/C14H16BrNO3/c1-8-5-11(15)6-10(7-17)13(8)19-9(2)14(18)16-12-3-4-12/h5-7,9,12H,3-4H2,1-2H3,(H,16,18). The van der Waals surface area contributed by atoms with Crippen molar-refractivity contribution in [1.29, 1.82) is 0 Å². The van der Waals surface area contributed by atoms with Crippen LogP contribution in [0.15, 0.2) is 16.6 Å². The minimum Gasteiger partial charge on any atom is -0.480 e. The van der Waals surface area contributed by atoms with Crippen LogP contribution in [-0.4, -0.2) is 24.3 Å². The van der Waals surface area contributed by atoms with Gasteiger partial charge < -0.3 is 10.1 Å². The van der Waals surface area contributed by atoms with Gasteiger partial charge in [-0.25, -0.2) is 0 Å². The van der Waals surface area contributed by atoms with Crippen LogP contribution in [0.1, 0.15) is 35.7 Å². The summed E-state index contributed by atoms with van der Waals surface area (Å²) in [5.41, 5.74) is 1.26. The molecular weight excluding hydrogens is 310 g/mol. The first-order valence-corrected chi connectivity index (χ1v) is 7.03. The van der Waals surface area contributed by atoms with Crippen LogP contribution < -0.4 is 10.1 Å². The summed E-state index contributed by atoms with van der Waals surface area (Å²) in [6.45, 7) is 3.53. The van der Waals surface area contributed by atoms with Gasteiger partial charge in [-0.1, -0.05) is 15.9 Å². The van der Waals surface area contributed by atoms with Gasteiger partial charge in [0, 0.05) is 10.5 Å². The van der Waals surface area contributed by atoms with E-state index in [0.29, 0.717) is 17.4 Å². The van der Waals surface area contributed by atoms with Crippen LogP contribution in [-0.2, 0) is 4.79 Å². The third-order valence-electron chi connectivity index (χ3n) is 2.98. The molecule has 1 unspecified atom stereocenters. The molecule has 0 aliphatic heterocycles. The van der Waals surface area contributed by atoms with E-state index in [1.165, 1.54) is 0 Å². The van der Waals surface area contributed by atoms with Crippen LogP contribution >= 0.6 is 15.9 Å². The second-order valence-electron chi connectivity index (χ2n) is 4.80. The van der Waals surface area contributed by atoms with Gasteiger partial charge in [-0.15, -0.1) is 0 Å². The largest absolute Gasteiger partial charge is 0.480 e. The maximum absolute atomic E-state index is 11.8. The zero-order valence-electron chi connectivity index (χ0n) is 10.9. The Hall–Kier alpha value is -1.36. The number of carbonyl (C=O) groups is 2. The molecule has 0 saturated heterocycles. The summed E-state index contributed by atoms with van der Waals surface area (Å²) in [4.78, 5) is 22.9. The lowest BCUT2D eigenvalue weighted by Crippen LogP contribution is -2.37. The number of ether oxygens (including phenoxy) is 1. The van der Waals surface area contributed by atoms with Crippen molar-refractivity contribution in [1.82, 2.24) is 5.32 Å². The van der Waals surface area contributed by atoms with E-state index in [9.17, 15) is 9.59 Å². The fourth-order valence-electron chi connectivity index (χ4n) is 1.78. The molecule has 2 rings (SSSR count).